The van der Waals surface area contributed by atoms with Crippen molar-refractivity contribution in [3.05, 3.63) is 17.0 Å². The fourth-order valence-corrected chi connectivity index (χ4v) is 2.70. The normalized spacial score (nSPS) is 19.3. The van der Waals surface area contributed by atoms with Crippen LogP contribution in [0.3, 0.4) is 0 Å². The fourth-order valence-electron chi connectivity index (χ4n) is 2.34. The van der Waals surface area contributed by atoms with Crippen LogP contribution in [-0.2, 0) is 0 Å². The molecule has 1 aliphatic heterocycles. The lowest BCUT2D eigenvalue weighted by Crippen LogP contribution is -2.51. The third-order valence-corrected chi connectivity index (χ3v) is 4.29. The van der Waals surface area contributed by atoms with E-state index in [1.807, 2.05) is 0 Å². The number of hydrogen-bond acceptors (Lipinski definition) is 5. The summed E-state index contributed by atoms with van der Waals surface area (Å²) >= 11 is 3.45. The third kappa shape index (κ3) is 4.12. The Morgan fingerprint density at radius 3 is 2.74 bits per heavy atom. The first-order valence-corrected chi connectivity index (χ1v) is 7.65. The van der Waals surface area contributed by atoms with Gasteiger partial charge in [-0.25, -0.2) is 9.97 Å². The van der Waals surface area contributed by atoms with Gasteiger partial charge in [0.2, 0.25) is 0 Å². The molecule has 0 bridgehead atoms. The highest BCUT2D eigenvalue weighted by molar-refractivity contribution is 9.10. The number of halogens is 1. The minimum atomic E-state index is 0.515. The minimum Gasteiger partial charge on any atom is -0.367 e. The summed E-state index contributed by atoms with van der Waals surface area (Å²) in [6, 6.07) is 0.515. The molecule has 1 aliphatic rings. The van der Waals surface area contributed by atoms with Crippen LogP contribution >= 0.6 is 15.9 Å². The van der Waals surface area contributed by atoms with Gasteiger partial charge in [-0.1, -0.05) is 6.92 Å². The average Bonchev–Trinajstić information content (AvgIpc) is 2.46. The molecule has 1 atom stereocenters. The van der Waals surface area contributed by atoms with Crippen molar-refractivity contribution in [2.75, 3.05) is 44.6 Å². The zero-order valence-electron chi connectivity index (χ0n) is 11.6. The maximum atomic E-state index is 4.22. The van der Waals surface area contributed by atoms with E-state index < -0.39 is 0 Å². The summed E-state index contributed by atoms with van der Waals surface area (Å²) in [5.74, 6) is 0.869. The van der Waals surface area contributed by atoms with Gasteiger partial charge in [0.15, 0.2) is 0 Å². The standard InChI is InChI=1S/C13H22BrN5/c1-3-18-4-6-19(7-5-18)11(2)8-16-13-12(14)9-15-10-17-13/h9-11H,3-8H2,1-2H3,(H,15,16,17)/t11-/m0/s1. The van der Waals surface area contributed by atoms with Crippen LogP contribution in [0.4, 0.5) is 5.82 Å². The molecule has 0 aliphatic carbocycles. The summed E-state index contributed by atoms with van der Waals surface area (Å²) in [6.45, 7) is 11.2. The largest absolute Gasteiger partial charge is 0.367 e. The maximum absolute atomic E-state index is 4.22. The molecule has 2 heterocycles. The van der Waals surface area contributed by atoms with E-state index in [1.165, 1.54) is 13.1 Å². The molecule has 1 N–H and O–H groups in total. The second kappa shape index (κ2) is 7.17. The summed E-state index contributed by atoms with van der Waals surface area (Å²) in [5.41, 5.74) is 0. The fraction of sp³-hybridized carbons (Fsp3) is 0.692. The van der Waals surface area contributed by atoms with Crippen molar-refractivity contribution in [2.24, 2.45) is 0 Å². The third-order valence-electron chi connectivity index (χ3n) is 3.71. The van der Waals surface area contributed by atoms with Gasteiger partial charge in [0.1, 0.15) is 12.1 Å². The molecule has 1 aromatic rings. The van der Waals surface area contributed by atoms with Crippen molar-refractivity contribution in [1.29, 1.82) is 0 Å². The molecule has 106 valence electrons. The minimum absolute atomic E-state index is 0.515. The molecular weight excluding hydrogens is 306 g/mol. The topological polar surface area (TPSA) is 44.3 Å². The van der Waals surface area contributed by atoms with Gasteiger partial charge in [-0.2, -0.15) is 0 Å². The lowest BCUT2D eigenvalue weighted by atomic mass is 10.2. The second-order valence-electron chi connectivity index (χ2n) is 4.92. The van der Waals surface area contributed by atoms with Crippen molar-refractivity contribution in [3.8, 4) is 0 Å². The first-order valence-electron chi connectivity index (χ1n) is 6.86. The Balaban J connectivity index is 1.79. The van der Waals surface area contributed by atoms with Crippen LogP contribution in [0.15, 0.2) is 17.0 Å². The number of rotatable bonds is 5. The lowest BCUT2D eigenvalue weighted by molar-refractivity contribution is 0.110. The number of likely N-dealkylation sites (N-methyl/N-ethyl adjacent to an activating group) is 1. The van der Waals surface area contributed by atoms with Crippen molar-refractivity contribution in [3.63, 3.8) is 0 Å². The molecule has 0 spiro atoms. The Morgan fingerprint density at radius 2 is 2.11 bits per heavy atom. The summed E-state index contributed by atoms with van der Waals surface area (Å²) in [4.78, 5) is 13.2. The number of aromatic nitrogens is 2. The van der Waals surface area contributed by atoms with Crippen molar-refractivity contribution in [1.82, 2.24) is 19.8 Å². The monoisotopic (exact) mass is 327 g/mol. The van der Waals surface area contributed by atoms with Crippen molar-refractivity contribution < 1.29 is 0 Å². The SMILES string of the molecule is CCN1CCN([C@@H](C)CNc2ncncc2Br)CC1. The van der Waals surface area contributed by atoms with E-state index in [2.05, 4.69) is 54.9 Å². The van der Waals surface area contributed by atoms with Gasteiger partial charge in [0, 0.05) is 45.0 Å². The molecule has 2 rings (SSSR count). The van der Waals surface area contributed by atoms with E-state index in [0.29, 0.717) is 6.04 Å². The Hall–Kier alpha value is -0.720. The smallest absolute Gasteiger partial charge is 0.143 e. The van der Waals surface area contributed by atoms with E-state index in [1.54, 1.807) is 12.5 Å². The Bertz CT molecular complexity index is 392. The van der Waals surface area contributed by atoms with Crippen LogP contribution in [0.25, 0.3) is 0 Å². The first-order chi connectivity index (χ1) is 9.20. The average molecular weight is 328 g/mol. The van der Waals surface area contributed by atoms with Gasteiger partial charge in [-0.3, -0.25) is 4.90 Å². The molecule has 0 radical (unpaired) electrons. The highest BCUT2D eigenvalue weighted by Gasteiger charge is 2.20. The van der Waals surface area contributed by atoms with Gasteiger partial charge >= 0.3 is 0 Å². The zero-order chi connectivity index (χ0) is 13.7. The van der Waals surface area contributed by atoms with Gasteiger partial charge in [-0.05, 0) is 29.4 Å². The number of nitrogens with zero attached hydrogens (tertiary/aromatic N) is 4. The number of anilines is 1. The highest BCUT2D eigenvalue weighted by Crippen LogP contribution is 2.17. The molecule has 6 heteroatoms. The number of hydrogen-bond donors (Lipinski definition) is 1. The summed E-state index contributed by atoms with van der Waals surface area (Å²) < 4.78 is 0.915. The van der Waals surface area contributed by atoms with Gasteiger partial charge in [0.05, 0.1) is 4.47 Å². The molecular formula is C13H22BrN5. The molecule has 5 nitrogen and oxygen atoms in total. The second-order valence-corrected chi connectivity index (χ2v) is 5.77. The lowest BCUT2D eigenvalue weighted by Gasteiger charge is -2.37. The van der Waals surface area contributed by atoms with Gasteiger partial charge in [-0.15, -0.1) is 0 Å². The van der Waals surface area contributed by atoms with Crippen molar-refractivity contribution >= 4 is 21.7 Å². The molecule has 19 heavy (non-hydrogen) atoms. The van der Waals surface area contributed by atoms with E-state index >= 15 is 0 Å². The van der Waals surface area contributed by atoms with Crippen LogP contribution in [0.2, 0.25) is 0 Å². The molecule has 0 amide bonds. The van der Waals surface area contributed by atoms with E-state index in [4.69, 9.17) is 0 Å². The number of nitrogens with one attached hydrogen (secondary N) is 1. The molecule has 0 saturated carbocycles. The maximum Gasteiger partial charge on any atom is 0.143 e. The summed E-state index contributed by atoms with van der Waals surface area (Å²) in [6.07, 6.45) is 3.33. The van der Waals surface area contributed by atoms with E-state index in [9.17, 15) is 0 Å². The summed E-state index contributed by atoms with van der Waals surface area (Å²) in [7, 11) is 0. The predicted molar refractivity (Wildman–Crippen MR) is 81.4 cm³/mol. The quantitative estimate of drug-likeness (QED) is 0.891. The molecule has 1 aromatic heterocycles. The number of piperazine rings is 1. The Kier molecular flexibility index (Phi) is 5.54. The van der Waals surface area contributed by atoms with Crippen LogP contribution in [0.1, 0.15) is 13.8 Å². The molecule has 0 unspecified atom stereocenters. The molecule has 1 saturated heterocycles. The molecule has 0 aromatic carbocycles. The zero-order valence-corrected chi connectivity index (χ0v) is 13.2. The Morgan fingerprint density at radius 1 is 1.37 bits per heavy atom. The van der Waals surface area contributed by atoms with Gasteiger partial charge in [0.25, 0.3) is 0 Å². The van der Waals surface area contributed by atoms with Crippen LogP contribution in [-0.4, -0.2) is 65.1 Å². The van der Waals surface area contributed by atoms with Crippen molar-refractivity contribution in [2.45, 2.75) is 19.9 Å². The van der Waals surface area contributed by atoms with Gasteiger partial charge < -0.3 is 10.2 Å². The van der Waals surface area contributed by atoms with Crippen LogP contribution in [0, 0.1) is 0 Å². The van der Waals surface area contributed by atoms with E-state index in [-0.39, 0.29) is 0 Å². The van der Waals surface area contributed by atoms with Crippen LogP contribution < -0.4 is 5.32 Å². The van der Waals surface area contributed by atoms with E-state index in [0.717, 1.165) is 36.5 Å². The highest BCUT2D eigenvalue weighted by atomic mass is 79.9. The Labute approximate surface area is 123 Å². The predicted octanol–water partition coefficient (Wildman–Crippen LogP) is 1.68. The van der Waals surface area contributed by atoms with Crippen LogP contribution in [0.5, 0.6) is 0 Å². The summed E-state index contributed by atoms with van der Waals surface area (Å²) in [5, 5.41) is 3.38. The first kappa shape index (κ1) is 14.7. The molecule has 1 fully saturated rings.